The molecule has 4 aromatic heterocycles. The number of nitrogens with zero attached hydrogens (tertiary/aromatic N) is 5. The third-order valence-corrected chi connectivity index (χ3v) is 6.06. The largest absolute Gasteiger partial charge is 0.487 e. The van der Waals surface area contributed by atoms with E-state index >= 15 is 0 Å². The number of rotatable bonds is 4. The van der Waals surface area contributed by atoms with Crippen LogP contribution in [0.1, 0.15) is 33.8 Å². The van der Waals surface area contributed by atoms with E-state index in [1.54, 1.807) is 18.6 Å². The van der Waals surface area contributed by atoms with E-state index in [4.69, 9.17) is 4.74 Å². The Morgan fingerprint density at radius 2 is 1.94 bits per heavy atom. The van der Waals surface area contributed by atoms with Gasteiger partial charge in [-0.2, -0.15) is 5.26 Å². The van der Waals surface area contributed by atoms with Crippen LogP contribution in [-0.2, 0) is 0 Å². The molecule has 0 bridgehead atoms. The molecule has 5 heterocycles. The minimum Gasteiger partial charge on any atom is -0.487 e. The van der Waals surface area contributed by atoms with Gasteiger partial charge in [-0.1, -0.05) is 0 Å². The third-order valence-electron chi connectivity index (χ3n) is 6.06. The maximum atomic E-state index is 9.73. The Morgan fingerprint density at radius 3 is 2.65 bits per heavy atom. The Labute approximate surface area is 182 Å². The van der Waals surface area contributed by atoms with Crippen molar-refractivity contribution in [3.8, 4) is 22.9 Å². The van der Waals surface area contributed by atoms with Gasteiger partial charge >= 0.3 is 0 Å². The van der Waals surface area contributed by atoms with Crippen LogP contribution >= 0.6 is 0 Å². The fourth-order valence-electron chi connectivity index (χ4n) is 4.31. The normalized spacial score (nSPS) is 15.5. The molecule has 4 aromatic rings. The van der Waals surface area contributed by atoms with Crippen molar-refractivity contribution in [3.05, 3.63) is 48.7 Å². The molecule has 1 aliphatic heterocycles. The molecule has 31 heavy (non-hydrogen) atoms. The summed E-state index contributed by atoms with van der Waals surface area (Å²) in [4.78, 5) is 18.8. The van der Waals surface area contributed by atoms with Crippen molar-refractivity contribution in [1.82, 2.24) is 24.8 Å². The summed E-state index contributed by atoms with van der Waals surface area (Å²) < 4.78 is 6.46. The highest BCUT2D eigenvalue weighted by Gasteiger charge is 2.25. The van der Waals surface area contributed by atoms with Gasteiger partial charge in [0.05, 0.1) is 17.1 Å². The highest BCUT2D eigenvalue weighted by atomic mass is 16.5. The van der Waals surface area contributed by atoms with Crippen LogP contribution in [0, 0.1) is 11.3 Å². The molecule has 1 N–H and O–H groups in total. The molecular formula is C24H26N6O. The van der Waals surface area contributed by atoms with Crippen LogP contribution < -0.4 is 4.74 Å². The molecule has 158 valence electrons. The Balaban J connectivity index is 0.00000245. The molecular weight excluding hydrogens is 388 g/mol. The van der Waals surface area contributed by atoms with Crippen LogP contribution in [0.4, 0.5) is 0 Å². The number of aromatic amines is 1. The summed E-state index contributed by atoms with van der Waals surface area (Å²) in [5.41, 5.74) is 3.92. The number of piperidine rings is 1. The molecule has 0 aliphatic carbocycles. The van der Waals surface area contributed by atoms with Crippen molar-refractivity contribution in [3.63, 3.8) is 0 Å². The standard InChI is InChI=1S/C24H24N6O.H2/c1-15(2)30-9-5-18(6-10-30)31-23-20(12-25)27-14-21-22(23)19-11-17(13-28-24(19)29-21)16-3-7-26-8-4-16;/h3-4,7-8,11,13-15,18H,5-6,9-10H2,1-2H3,(H,28,29);1H. The lowest BCUT2D eigenvalue weighted by Crippen LogP contribution is -2.41. The minimum absolute atomic E-state index is 0. The number of nitriles is 1. The summed E-state index contributed by atoms with van der Waals surface area (Å²) >= 11 is 0. The van der Waals surface area contributed by atoms with E-state index in [1.165, 1.54) is 0 Å². The summed E-state index contributed by atoms with van der Waals surface area (Å²) in [5, 5.41) is 11.5. The lowest BCUT2D eigenvalue weighted by atomic mass is 10.1. The van der Waals surface area contributed by atoms with E-state index < -0.39 is 0 Å². The van der Waals surface area contributed by atoms with Crippen LogP contribution in [0.25, 0.3) is 33.1 Å². The summed E-state index contributed by atoms with van der Waals surface area (Å²) in [6, 6.07) is 8.76. The van der Waals surface area contributed by atoms with Gasteiger partial charge in [0.2, 0.25) is 0 Å². The summed E-state index contributed by atoms with van der Waals surface area (Å²) in [6.07, 6.45) is 9.00. The molecule has 0 amide bonds. The topological polar surface area (TPSA) is 90.7 Å². The summed E-state index contributed by atoms with van der Waals surface area (Å²) in [6.45, 7) is 6.43. The molecule has 1 saturated heterocycles. The molecule has 0 radical (unpaired) electrons. The fraction of sp³-hybridized carbons (Fsp3) is 0.333. The Morgan fingerprint density at radius 1 is 1.16 bits per heavy atom. The van der Waals surface area contributed by atoms with Crippen molar-refractivity contribution < 1.29 is 6.16 Å². The number of nitrogens with one attached hydrogen (secondary N) is 1. The van der Waals surface area contributed by atoms with Crippen LogP contribution in [0.2, 0.25) is 0 Å². The first-order chi connectivity index (χ1) is 15.1. The van der Waals surface area contributed by atoms with Crippen LogP contribution in [0.3, 0.4) is 0 Å². The van der Waals surface area contributed by atoms with Gasteiger partial charge in [0.25, 0.3) is 0 Å². The number of likely N-dealkylation sites (tertiary alicyclic amines) is 1. The first kappa shape index (κ1) is 19.5. The molecule has 1 aliphatic rings. The van der Waals surface area contributed by atoms with Crippen LogP contribution in [0.5, 0.6) is 5.75 Å². The van der Waals surface area contributed by atoms with Crippen LogP contribution in [0.15, 0.2) is 43.0 Å². The predicted molar refractivity (Wildman–Crippen MR) is 122 cm³/mol. The van der Waals surface area contributed by atoms with Crippen molar-refractivity contribution in [2.24, 2.45) is 0 Å². The number of aromatic nitrogens is 4. The van der Waals surface area contributed by atoms with Gasteiger partial charge in [0.1, 0.15) is 17.8 Å². The van der Waals surface area contributed by atoms with Crippen molar-refractivity contribution in [1.29, 1.82) is 5.26 Å². The first-order valence-corrected chi connectivity index (χ1v) is 10.7. The molecule has 0 atom stereocenters. The van der Waals surface area contributed by atoms with Gasteiger partial charge in [-0.05, 0) is 50.5 Å². The van der Waals surface area contributed by atoms with Crippen molar-refractivity contribution >= 4 is 21.9 Å². The molecule has 7 heteroatoms. The lowest BCUT2D eigenvalue weighted by Gasteiger charge is -2.34. The van der Waals surface area contributed by atoms with E-state index in [0.29, 0.717) is 17.5 Å². The quantitative estimate of drug-likeness (QED) is 0.527. The average Bonchev–Trinajstić information content (AvgIpc) is 3.18. The van der Waals surface area contributed by atoms with Gasteiger partial charge in [0, 0.05) is 50.1 Å². The number of hydrogen-bond acceptors (Lipinski definition) is 6. The zero-order valence-corrected chi connectivity index (χ0v) is 17.7. The maximum Gasteiger partial charge on any atom is 0.183 e. The first-order valence-electron chi connectivity index (χ1n) is 10.7. The molecule has 5 rings (SSSR count). The highest BCUT2D eigenvalue weighted by molar-refractivity contribution is 6.10. The second kappa shape index (κ2) is 7.97. The fourth-order valence-corrected chi connectivity index (χ4v) is 4.31. The smallest absolute Gasteiger partial charge is 0.183 e. The Hall–Kier alpha value is -3.50. The van der Waals surface area contributed by atoms with Crippen molar-refractivity contribution in [2.45, 2.75) is 38.8 Å². The average molecular weight is 415 g/mol. The Bertz CT molecular complexity index is 1270. The molecule has 0 saturated carbocycles. The molecule has 0 aromatic carbocycles. The molecule has 0 unspecified atom stereocenters. The number of pyridine rings is 3. The third kappa shape index (κ3) is 3.60. The van der Waals surface area contributed by atoms with E-state index in [1.807, 2.05) is 18.3 Å². The second-order valence-electron chi connectivity index (χ2n) is 8.26. The van der Waals surface area contributed by atoms with Gasteiger partial charge in [-0.15, -0.1) is 0 Å². The molecule has 7 nitrogen and oxygen atoms in total. The number of fused-ring (bicyclic) bond motifs is 3. The van der Waals surface area contributed by atoms with Gasteiger partial charge in [0.15, 0.2) is 11.4 Å². The second-order valence-corrected chi connectivity index (χ2v) is 8.26. The van der Waals surface area contributed by atoms with E-state index in [-0.39, 0.29) is 7.53 Å². The van der Waals surface area contributed by atoms with Crippen molar-refractivity contribution in [2.75, 3.05) is 13.1 Å². The highest BCUT2D eigenvalue weighted by Crippen LogP contribution is 2.37. The lowest BCUT2D eigenvalue weighted by molar-refractivity contribution is 0.0849. The Kier molecular flexibility index (Phi) is 5.00. The maximum absolute atomic E-state index is 9.73. The summed E-state index contributed by atoms with van der Waals surface area (Å²) in [5.74, 6) is 0.558. The number of H-pyrrole nitrogens is 1. The molecule has 0 spiro atoms. The summed E-state index contributed by atoms with van der Waals surface area (Å²) in [7, 11) is 0. The molecule has 1 fully saturated rings. The number of ether oxygens (including phenoxy) is 1. The van der Waals surface area contributed by atoms with Gasteiger partial charge in [-0.25, -0.2) is 9.97 Å². The van der Waals surface area contributed by atoms with Gasteiger partial charge < -0.3 is 14.6 Å². The van der Waals surface area contributed by atoms with E-state index in [2.05, 4.69) is 50.8 Å². The number of hydrogen-bond donors (Lipinski definition) is 1. The zero-order chi connectivity index (χ0) is 21.4. The van der Waals surface area contributed by atoms with E-state index in [0.717, 1.165) is 59.0 Å². The van der Waals surface area contributed by atoms with Crippen LogP contribution in [-0.4, -0.2) is 50.1 Å². The zero-order valence-electron chi connectivity index (χ0n) is 17.7. The SMILES string of the molecule is CC(C)N1CCC(Oc2c(C#N)ncc3[nH]c4ncc(-c5ccncc5)cc4c23)CC1.[HH]. The monoisotopic (exact) mass is 414 g/mol. The predicted octanol–water partition coefficient (Wildman–Crippen LogP) is 4.54. The van der Waals surface area contributed by atoms with E-state index in [9.17, 15) is 5.26 Å². The minimum atomic E-state index is 0. The van der Waals surface area contributed by atoms with Gasteiger partial charge in [-0.3, -0.25) is 4.98 Å².